The molecule has 1 fully saturated rings. The normalized spacial score (nSPS) is 13.3. The molecule has 2 aromatic rings. The van der Waals surface area contributed by atoms with Gasteiger partial charge in [0, 0.05) is 28.0 Å². The molecule has 23 heavy (non-hydrogen) atoms. The van der Waals surface area contributed by atoms with Gasteiger partial charge in [-0.2, -0.15) is 0 Å². The first kappa shape index (κ1) is 15.4. The summed E-state index contributed by atoms with van der Waals surface area (Å²) in [6.45, 7) is 0. The molecule has 0 unspecified atom stereocenters. The Balaban J connectivity index is 1.58. The van der Waals surface area contributed by atoms with Crippen molar-refractivity contribution in [2.45, 2.75) is 18.9 Å². The number of amides is 3. The lowest BCUT2D eigenvalue weighted by Crippen LogP contribution is -2.30. The molecule has 1 aliphatic rings. The molecule has 0 atom stereocenters. The topological polar surface area (TPSA) is 70.2 Å². The number of benzene rings is 2. The van der Waals surface area contributed by atoms with E-state index in [2.05, 4.69) is 16.0 Å². The third kappa shape index (κ3) is 4.47. The Kier molecular flexibility index (Phi) is 4.48. The minimum absolute atomic E-state index is 0.205. The molecule has 3 N–H and O–H groups in total. The van der Waals surface area contributed by atoms with E-state index >= 15 is 0 Å². The van der Waals surface area contributed by atoms with Crippen molar-refractivity contribution in [1.29, 1.82) is 0 Å². The van der Waals surface area contributed by atoms with E-state index < -0.39 is 0 Å². The highest BCUT2D eigenvalue weighted by molar-refractivity contribution is 6.31. The second-order valence-electron chi connectivity index (χ2n) is 5.41. The van der Waals surface area contributed by atoms with Gasteiger partial charge in [-0.25, -0.2) is 4.79 Å². The number of nitrogens with one attached hydrogen (secondary N) is 3. The molecule has 2 aromatic carbocycles. The summed E-state index contributed by atoms with van der Waals surface area (Å²) < 4.78 is 0. The van der Waals surface area contributed by atoms with Crippen LogP contribution in [0.2, 0.25) is 5.02 Å². The second kappa shape index (κ2) is 6.71. The van der Waals surface area contributed by atoms with Crippen molar-refractivity contribution < 1.29 is 9.59 Å². The molecular formula is C17H16ClN3O2. The maximum absolute atomic E-state index is 12.1. The zero-order chi connectivity index (χ0) is 16.2. The van der Waals surface area contributed by atoms with Gasteiger partial charge < -0.3 is 16.0 Å². The number of carbonyl (C=O) groups is 2. The van der Waals surface area contributed by atoms with Crippen LogP contribution < -0.4 is 16.0 Å². The highest BCUT2D eigenvalue weighted by Gasteiger charge is 2.23. The zero-order valence-corrected chi connectivity index (χ0v) is 13.1. The van der Waals surface area contributed by atoms with Gasteiger partial charge in [-0.15, -0.1) is 0 Å². The fourth-order valence-corrected chi connectivity index (χ4v) is 2.24. The lowest BCUT2D eigenvalue weighted by atomic mass is 10.2. The number of urea groups is 1. The molecular weight excluding hydrogens is 314 g/mol. The highest BCUT2D eigenvalue weighted by atomic mass is 35.5. The van der Waals surface area contributed by atoms with E-state index in [0.29, 0.717) is 28.0 Å². The van der Waals surface area contributed by atoms with Crippen LogP contribution in [0.15, 0.2) is 48.5 Å². The predicted molar refractivity (Wildman–Crippen MR) is 91.0 cm³/mol. The van der Waals surface area contributed by atoms with E-state index in [0.717, 1.165) is 12.8 Å². The summed E-state index contributed by atoms with van der Waals surface area (Å²) >= 11 is 5.88. The second-order valence-corrected chi connectivity index (χ2v) is 5.85. The summed E-state index contributed by atoms with van der Waals surface area (Å²) in [6, 6.07) is 13.8. The van der Waals surface area contributed by atoms with Gasteiger partial charge in [0.05, 0.1) is 0 Å². The smallest absolute Gasteiger partial charge is 0.319 e. The summed E-state index contributed by atoms with van der Waals surface area (Å²) in [7, 11) is 0. The first-order chi connectivity index (χ1) is 11.1. The molecule has 1 saturated carbocycles. The van der Waals surface area contributed by atoms with Crippen LogP contribution in [-0.2, 0) is 0 Å². The molecule has 0 heterocycles. The van der Waals surface area contributed by atoms with E-state index in [9.17, 15) is 9.59 Å². The van der Waals surface area contributed by atoms with Crippen LogP contribution in [-0.4, -0.2) is 18.0 Å². The standard InChI is InChI=1S/C17H16ClN3O2/c18-12-3-1-2-11(10-12)16(22)19-13-4-6-14(7-5-13)20-17(23)21-15-8-9-15/h1-7,10,15H,8-9H2,(H,19,22)(H2,20,21,23). The van der Waals surface area contributed by atoms with Gasteiger partial charge in [0.1, 0.15) is 0 Å². The molecule has 1 aliphatic carbocycles. The van der Waals surface area contributed by atoms with Crippen molar-refractivity contribution in [2.24, 2.45) is 0 Å². The fourth-order valence-electron chi connectivity index (χ4n) is 2.05. The van der Waals surface area contributed by atoms with Crippen molar-refractivity contribution in [3.05, 3.63) is 59.1 Å². The molecule has 0 spiro atoms. The number of anilines is 2. The van der Waals surface area contributed by atoms with Crippen molar-refractivity contribution >= 4 is 34.9 Å². The van der Waals surface area contributed by atoms with E-state index in [1.807, 2.05) is 0 Å². The van der Waals surface area contributed by atoms with Crippen LogP contribution in [0.4, 0.5) is 16.2 Å². The number of carbonyl (C=O) groups excluding carboxylic acids is 2. The Hall–Kier alpha value is -2.53. The SMILES string of the molecule is O=C(Nc1ccc(NC(=O)c2cccc(Cl)c2)cc1)NC1CC1. The number of hydrogen-bond donors (Lipinski definition) is 3. The molecule has 118 valence electrons. The van der Waals surface area contributed by atoms with Crippen LogP contribution in [0.5, 0.6) is 0 Å². The van der Waals surface area contributed by atoms with Gasteiger partial charge in [-0.1, -0.05) is 17.7 Å². The molecule has 0 bridgehead atoms. The molecule has 3 rings (SSSR count). The average molecular weight is 330 g/mol. The van der Waals surface area contributed by atoms with Crippen LogP contribution in [0.25, 0.3) is 0 Å². The minimum Gasteiger partial charge on any atom is -0.335 e. The van der Waals surface area contributed by atoms with E-state index in [1.54, 1.807) is 48.5 Å². The Labute approximate surface area is 139 Å². The average Bonchev–Trinajstić information content (AvgIpc) is 3.33. The highest BCUT2D eigenvalue weighted by Crippen LogP contribution is 2.19. The molecule has 6 heteroatoms. The predicted octanol–water partition coefficient (Wildman–Crippen LogP) is 3.88. The third-order valence-corrected chi connectivity index (χ3v) is 3.64. The molecule has 0 radical (unpaired) electrons. The van der Waals surface area contributed by atoms with Gasteiger partial charge in [-0.3, -0.25) is 4.79 Å². The Bertz CT molecular complexity index is 727. The summed E-state index contributed by atoms with van der Waals surface area (Å²) in [5.41, 5.74) is 1.80. The lowest BCUT2D eigenvalue weighted by molar-refractivity contribution is 0.102. The zero-order valence-electron chi connectivity index (χ0n) is 12.3. The fraction of sp³-hybridized carbons (Fsp3) is 0.176. The number of hydrogen-bond acceptors (Lipinski definition) is 2. The summed E-state index contributed by atoms with van der Waals surface area (Å²) in [6.07, 6.45) is 2.09. The number of halogens is 1. The van der Waals surface area contributed by atoms with Crippen molar-refractivity contribution in [1.82, 2.24) is 5.32 Å². The maximum atomic E-state index is 12.1. The summed E-state index contributed by atoms with van der Waals surface area (Å²) in [4.78, 5) is 23.7. The molecule has 0 aromatic heterocycles. The van der Waals surface area contributed by atoms with Crippen molar-refractivity contribution in [3.8, 4) is 0 Å². The van der Waals surface area contributed by atoms with Crippen LogP contribution in [0.1, 0.15) is 23.2 Å². The van der Waals surface area contributed by atoms with Gasteiger partial charge >= 0.3 is 6.03 Å². The molecule has 3 amide bonds. The molecule has 0 saturated heterocycles. The quantitative estimate of drug-likeness (QED) is 0.796. The third-order valence-electron chi connectivity index (χ3n) is 3.40. The first-order valence-corrected chi connectivity index (χ1v) is 7.72. The van der Waals surface area contributed by atoms with E-state index in [-0.39, 0.29) is 11.9 Å². The monoisotopic (exact) mass is 329 g/mol. The van der Waals surface area contributed by atoms with Gasteiger partial charge in [0.2, 0.25) is 0 Å². The number of rotatable bonds is 4. The van der Waals surface area contributed by atoms with Gasteiger partial charge in [0.15, 0.2) is 0 Å². The Morgan fingerprint density at radius 3 is 2.22 bits per heavy atom. The van der Waals surface area contributed by atoms with Crippen LogP contribution in [0, 0.1) is 0 Å². The largest absolute Gasteiger partial charge is 0.335 e. The van der Waals surface area contributed by atoms with Crippen LogP contribution >= 0.6 is 11.6 Å². The van der Waals surface area contributed by atoms with Gasteiger partial charge in [0.25, 0.3) is 5.91 Å². The summed E-state index contributed by atoms with van der Waals surface area (Å²) in [5, 5.41) is 8.89. The van der Waals surface area contributed by atoms with Crippen LogP contribution in [0.3, 0.4) is 0 Å². The first-order valence-electron chi connectivity index (χ1n) is 7.35. The lowest BCUT2D eigenvalue weighted by Gasteiger charge is -2.09. The maximum Gasteiger partial charge on any atom is 0.319 e. The van der Waals surface area contributed by atoms with E-state index in [4.69, 9.17) is 11.6 Å². The molecule has 5 nitrogen and oxygen atoms in total. The molecule has 0 aliphatic heterocycles. The van der Waals surface area contributed by atoms with Gasteiger partial charge in [-0.05, 0) is 55.3 Å². The minimum atomic E-state index is -0.236. The van der Waals surface area contributed by atoms with E-state index in [1.165, 1.54) is 0 Å². The summed E-state index contributed by atoms with van der Waals surface area (Å²) in [5.74, 6) is -0.236. The Morgan fingerprint density at radius 1 is 0.957 bits per heavy atom. The Morgan fingerprint density at radius 2 is 1.61 bits per heavy atom. The van der Waals surface area contributed by atoms with Crippen molar-refractivity contribution in [3.63, 3.8) is 0 Å². The van der Waals surface area contributed by atoms with Crippen molar-refractivity contribution in [2.75, 3.05) is 10.6 Å².